The van der Waals surface area contributed by atoms with Gasteiger partial charge in [0.05, 0.1) is 16.0 Å². The fourth-order valence-electron chi connectivity index (χ4n) is 2.53. The highest BCUT2D eigenvalue weighted by molar-refractivity contribution is 9.10. The molecule has 3 rings (SSSR count). The predicted molar refractivity (Wildman–Crippen MR) is 104 cm³/mol. The first-order chi connectivity index (χ1) is 12.5. The summed E-state index contributed by atoms with van der Waals surface area (Å²) >= 11 is 3.34. The summed E-state index contributed by atoms with van der Waals surface area (Å²) in [7, 11) is 0. The molecule has 0 bridgehead atoms. The Kier molecular flexibility index (Phi) is 5.43. The van der Waals surface area contributed by atoms with E-state index >= 15 is 0 Å². The molecule has 1 amide bonds. The van der Waals surface area contributed by atoms with Gasteiger partial charge < -0.3 is 10.6 Å². The number of nitro groups is 1. The zero-order valence-corrected chi connectivity index (χ0v) is 15.2. The molecule has 8 heteroatoms. The van der Waals surface area contributed by atoms with Crippen LogP contribution in [0.5, 0.6) is 0 Å². The van der Waals surface area contributed by atoms with Crippen molar-refractivity contribution in [2.24, 2.45) is 0 Å². The Bertz CT molecular complexity index is 960. The number of aromatic nitrogens is 1. The number of pyridine rings is 1. The average molecular weight is 415 g/mol. The van der Waals surface area contributed by atoms with Crippen molar-refractivity contribution in [1.29, 1.82) is 0 Å². The first kappa shape index (κ1) is 17.8. The SMILES string of the molecule is O=C(CCNc1ccc([N+](=O)[O-])c2cccnc12)Nc1ccc(Br)cc1. The lowest BCUT2D eigenvalue weighted by Gasteiger charge is -2.10. The third-order valence-corrected chi connectivity index (χ3v) is 4.27. The van der Waals surface area contributed by atoms with Crippen molar-refractivity contribution in [3.63, 3.8) is 0 Å². The van der Waals surface area contributed by atoms with Crippen LogP contribution < -0.4 is 10.6 Å². The van der Waals surface area contributed by atoms with Gasteiger partial charge in [-0.3, -0.25) is 19.9 Å². The molecule has 0 atom stereocenters. The van der Waals surface area contributed by atoms with Gasteiger partial charge in [0.25, 0.3) is 5.69 Å². The number of halogens is 1. The molecule has 1 heterocycles. The summed E-state index contributed by atoms with van der Waals surface area (Å²) in [6.07, 6.45) is 1.83. The smallest absolute Gasteiger partial charge is 0.278 e. The summed E-state index contributed by atoms with van der Waals surface area (Å²) in [5, 5.41) is 17.5. The second-order valence-corrected chi connectivity index (χ2v) is 6.44. The molecule has 2 aromatic carbocycles. The number of anilines is 2. The lowest BCUT2D eigenvalue weighted by Crippen LogP contribution is -2.16. The summed E-state index contributed by atoms with van der Waals surface area (Å²) in [6.45, 7) is 0.381. The maximum Gasteiger partial charge on any atom is 0.278 e. The van der Waals surface area contributed by atoms with Crippen LogP contribution in [0.15, 0.2) is 59.2 Å². The number of fused-ring (bicyclic) bond motifs is 1. The number of nitrogens with one attached hydrogen (secondary N) is 2. The van der Waals surface area contributed by atoms with Gasteiger partial charge in [-0.05, 0) is 42.5 Å². The fourth-order valence-corrected chi connectivity index (χ4v) is 2.79. The van der Waals surface area contributed by atoms with Crippen LogP contribution in [0.3, 0.4) is 0 Å². The Labute approximate surface area is 157 Å². The lowest BCUT2D eigenvalue weighted by atomic mass is 10.1. The van der Waals surface area contributed by atoms with E-state index in [2.05, 4.69) is 31.5 Å². The third-order valence-electron chi connectivity index (χ3n) is 3.74. The van der Waals surface area contributed by atoms with Crippen LogP contribution in [0.4, 0.5) is 17.1 Å². The number of rotatable bonds is 6. The molecule has 3 aromatic rings. The minimum Gasteiger partial charge on any atom is -0.383 e. The second-order valence-electron chi connectivity index (χ2n) is 5.52. The molecule has 0 unspecified atom stereocenters. The molecule has 0 aliphatic carbocycles. The van der Waals surface area contributed by atoms with Crippen molar-refractivity contribution in [3.05, 3.63) is 69.3 Å². The van der Waals surface area contributed by atoms with Gasteiger partial charge in [0.15, 0.2) is 0 Å². The standard InChI is InChI=1S/C18H15BrN4O3/c19-12-3-5-13(6-4-12)22-17(24)9-11-20-15-7-8-16(23(25)26)14-2-1-10-21-18(14)15/h1-8,10,20H,9,11H2,(H,22,24). The molecule has 0 saturated heterocycles. The number of nitrogens with zero attached hydrogens (tertiary/aromatic N) is 2. The van der Waals surface area contributed by atoms with E-state index in [1.54, 1.807) is 24.4 Å². The second kappa shape index (κ2) is 7.92. The van der Waals surface area contributed by atoms with Gasteiger partial charge in [0, 0.05) is 35.4 Å². The molecule has 132 valence electrons. The number of carbonyl (C=O) groups is 1. The molecule has 1 aromatic heterocycles. The van der Waals surface area contributed by atoms with Crippen molar-refractivity contribution in [3.8, 4) is 0 Å². The number of amides is 1. The van der Waals surface area contributed by atoms with Gasteiger partial charge in [-0.15, -0.1) is 0 Å². The summed E-state index contributed by atoms with van der Waals surface area (Å²) in [4.78, 5) is 26.9. The summed E-state index contributed by atoms with van der Waals surface area (Å²) < 4.78 is 0.940. The first-order valence-electron chi connectivity index (χ1n) is 7.86. The zero-order chi connectivity index (χ0) is 18.5. The molecule has 0 spiro atoms. The van der Waals surface area contributed by atoms with E-state index in [1.807, 2.05) is 24.3 Å². The van der Waals surface area contributed by atoms with Gasteiger partial charge in [-0.2, -0.15) is 0 Å². The highest BCUT2D eigenvalue weighted by Crippen LogP contribution is 2.29. The highest BCUT2D eigenvalue weighted by Gasteiger charge is 2.14. The summed E-state index contributed by atoms with van der Waals surface area (Å²) in [6, 6.07) is 13.7. The Morgan fingerprint density at radius 2 is 1.92 bits per heavy atom. The fraction of sp³-hybridized carbons (Fsp3) is 0.111. The number of benzene rings is 2. The van der Waals surface area contributed by atoms with E-state index in [0.717, 1.165) is 10.2 Å². The highest BCUT2D eigenvalue weighted by atomic mass is 79.9. The number of hydrogen-bond donors (Lipinski definition) is 2. The minimum atomic E-state index is -0.431. The monoisotopic (exact) mass is 414 g/mol. The number of nitro benzene ring substituents is 1. The van der Waals surface area contributed by atoms with Crippen LogP contribution in [0, 0.1) is 10.1 Å². The summed E-state index contributed by atoms with van der Waals surface area (Å²) in [5.74, 6) is -0.126. The maximum atomic E-state index is 12.0. The molecule has 0 aliphatic heterocycles. The summed E-state index contributed by atoms with van der Waals surface area (Å²) in [5.41, 5.74) is 1.89. The van der Waals surface area contributed by atoms with Crippen LogP contribution in [0.2, 0.25) is 0 Å². The molecule has 0 fully saturated rings. The van der Waals surface area contributed by atoms with E-state index < -0.39 is 4.92 Å². The molecular weight excluding hydrogens is 400 g/mol. The van der Waals surface area contributed by atoms with E-state index in [4.69, 9.17) is 0 Å². The van der Waals surface area contributed by atoms with Crippen LogP contribution in [-0.2, 0) is 4.79 Å². The quantitative estimate of drug-likeness (QED) is 0.461. The van der Waals surface area contributed by atoms with Crippen LogP contribution in [0.25, 0.3) is 10.9 Å². The molecule has 26 heavy (non-hydrogen) atoms. The van der Waals surface area contributed by atoms with Crippen molar-refractivity contribution < 1.29 is 9.72 Å². The number of non-ortho nitro benzene ring substituents is 1. The van der Waals surface area contributed by atoms with Gasteiger partial charge in [-0.25, -0.2) is 0 Å². The van der Waals surface area contributed by atoms with Crippen LogP contribution >= 0.6 is 15.9 Å². The Balaban J connectivity index is 1.65. The molecule has 0 saturated carbocycles. The van der Waals surface area contributed by atoms with E-state index in [1.165, 1.54) is 6.07 Å². The third kappa shape index (κ3) is 4.15. The van der Waals surface area contributed by atoms with E-state index in [0.29, 0.717) is 23.1 Å². The topological polar surface area (TPSA) is 97.2 Å². The Hall–Kier alpha value is -3.00. The minimum absolute atomic E-state index is 0.00614. The van der Waals surface area contributed by atoms with Crippen molar-refractivity contribution in [2.75, 3.05) is 17.2 Å². The zero-order valence-electron chi connectivity index (χ0n) is 13.6. The van der Waals surface area contributed by atoms with Crippen LogP contribution in [-0.4, -0.2) is 22.4 Å². The van der Waals surface area contributed by atoms with E-state index in [-0.39, 0.29) is 18.0 Å². The van der Waals surface area contributed by atoms with Gasteiger partial charge in [-0.1, -0.05) is 15.9 Å². The van der Waals surface area contributed by atoms with Gasteiger partial charge in [0.1, 0.15) is 5.52 Å². The number of hydrogen-bond acceptors (Lipinski definition) is 5. The normalized spacial score (nSPS) is 10.5. The average Bonchev–Trinajstić information content (AvgIpc) is 2.63. The van der Waals surface area contributed by atoms with Crippen molar-refractivity contribution >= 4 is 49.8 Å². The van der Waals surface area contributed by atoms with Gasteiger partial charge in [0.2, 0.25) is 5.91 Å². The van der Waals surface area contributed by atoms with Gasteiger partial charge >= 0.3 is 0 Å². The van der Waals surface area contributed by atoms with Crippen molar-refractivity contribution in [1.82, 2.24) is 4.98 Å². The Morgan fingerprint density at radius 1 is 1.15 bits per heavy atom. The predicted octanol–water partition coefficient (Wildman–Crippen LogP) is 4.35. The number of carbonyl (C=O) groups excluding carboxylic acids is 1. The largest absolute Gasteiger partial charge is 0.383 e. The molecule has 2 N–H and O–H groups in total. The van der Waals surface area contributed by atoms with Crippen molar-refractivity contribution in [2.45, 2.75) is 6.42 Å². The van der Waals surface area contributed by atoms with E-state index in [9.17, 15) is 14.9 Å². The molecule has 0 aliphatic rings. The molecule has 7 nitrogen and oxygen atoms in total. The maximum absolute atomic E-state index is 12.0. The lowest BCUT2D eigenvalue weighted by molar-refractivity contribution is -0.383. The molecule has 0 radical (unpaired) electrons. The first-order valence-corrected chi connectivity index (χ1v) is 8.65. The molecular formula is C18H15BrN4O3. The Morgan fingerprint density at radius 3 is 2.65 bits per heavy atom. The van der Waals surface area contributed by atoms with Crippen LogP contribution in [0.1, 0.15) is 6.42 Å².